The van der Waals surface area contributed by atoms with E-state index in [1.807, 2.05) is 6.92 Å². The summed E-state index contributed by atoms with van der Waals surface area (Å²) in [6.45, 7) is 4.10. The van der Waals surface area contributed by atoms with Crippen LogP contribution in [0.15, 0.2) is 0 Å². The van der Waals surface area contributed by atoms with Crippen molar-refractivity contribution in [1.82, 2.24) is 9.03 Å². The number of aliphatic hydroxyl groups is 1. The molecule has 0 amide bonds. The first kappa shape index (κ1) is 13.8. The van der Waals surface area contributed by atoms with E-state index in [9.17, 15) is 8.42 Å². The van der Waals surface area contributed by atoms with Gasteiger partial charge in [-0.2, -0.15) is 17.4 Å². The fraction of sp³-hybridized carbons (Fsp3) is 1.00. The molecule has 0 unspecified atom stereocenters. The molecule has 14 heavy (non-hydrogen) atoms. The maximum atomic E-state index is 11.4. The Morgan fingerprint density at radius 2 is 2.07 bits per heavy atom. The van der Waals surface area contributed by atoms with Crippen molar-refractivity contribution >= 4 is 10.2 Å². The number of rotatable bonds is 7. The van der Waals surface area contributed by atoms with Gasteiger partial charge in [-0.3, -0.25) is 0 Å². The lowest BCUT2D eigenvalue weighted by molar-refractivity contribution is 0.198. The van der Waals surface area contributed by atoms with Gasteiger partial charge in [0, 0.05) is 20.1 Å². The molecule has 0 spiro atoms. The lowest BCUT2D eigenvalue weighted by Crippen LogP contribution is -2.41. The zero-order valence-corrected chi connectivity index (χ0v) is 9.84. The first-order valence-electron chi connectivity index (χ1n) is 4.79. The third-order valence-electron chi connectivity index (χ3n) is 1.80. The van der Waals surface area contributed by atoms with Gasteiger partial charge in [0.25, 0.3) is 10.2 Å². The minimum Gasteiger partial charge on any atom is -0.392 e. The lowest BCUT2D eigenvalue weighted by atomic mass is 10.3. The average Bonchev–Trinajstić information content (AvgIpc) is 2.11. The predicted molar refractivity (Wildman–Crippen MR) is 56.1 cm³/mol. The molecule has 6 heteroatoms. The Morgan fingerprint density at radius 1 is 1.50 bits per heavy atom. The Bertz CT molecular complexity index is 239. The van der Waals surface area contributed by atoms with Crippen LogP contribution in [0.3, 0.4) is 0 Å². The highest BCUT2D eigenvalue weighted by Crippen LogP contribution is 1.97. The first-order chi connectivity index (χ1) is 6.40. The lowest BCUT2D eigenvalue weighted by Gasteiger charge is -2.17. The molecule has 0 rings (SSSR count). The molecule has 0 aromatic carbocycles. The number of unbranched alkanes of at least 4 members (excludes halogenated alkanes) is 1. The summed E-state index contributed by atoms with van der Waals surface area (Å²) in [5, 5.41) is 8.93. The molecular formula is C8H20N2O3S. The quantitative estimate of drug-likeness (QED) is 0.636. The predicted octanol–water partition coefficient (Wildman–Crippen LogP) is -0.0665. The van der Waals surface area contributed by atoms with Gasteiger partial charge in [-0.25, -0.2) is 0 Å². The van der Waals surface area contributed by atoms with Crippen LogP contribution < -0.4 is 4.72 Å². The second-order valence-electron chi connectivity index (χ2n) is 3.38. The molecule has 2 N–H and O–H groups in total. The third kappa shape index (κ3) is 5.54. The van der Waals surface area contributed by atoms with Crippen molar-refractivity contribution in [2.45, 2.75) is 32.8 Å². The minimum absolute atomic E-state index is 0.0544. The van der Waals surface area contributed by atoms with Crippen LogP contribution in [0.1, 0.15) is 26.7 Å². The highest BCUT2D eigenvalue weighted by molar-refractivity contribution is 7.87. The van der Waals surface area contributed by atoms with Gasteiger partial charge in [-0.1, -0.05) is 13.3 Å². The normalized spacial score (nSPS) is 14.6. The van der Waals surface area contributed by atoms with E-state index in [1.54, 1.807) is 0 Å². The maximum absolute atomic E-state index is 11.4. The third-order valence-corrected chi connectivity index (χ3v) is 3.33. The van der Waals surface area contributed by atoms with Crippen LogP contribution in [0.5, 0.6) is 0 Å². The van der Waals surface area contributed by atoms with E-state index in [2.05, 4.69) is 4.72 Å². The van der Waals surface area contributed by atoms with Crippen molar-refractivity contribution in [3.05, 3.63) is 0 Å². The van der Waals surface area contributed by atoms with Crippen LogP contribution in [0.25, 0.3) is 0 Å². The van der Waals surface area contributed by atoms with E-state index in [1.165, 1.54) is 18.3 Å². The fourth-order valence-corrected chi connectivity index (χ4v) is 1.88. The van der Waals surface area contributed by atoms with Crippen molar-refractivity contribution in [3.8, 4) is 0 Å². The molecule has 0 fully saturated rings. The molecule has 5 nitrogen and oxygen atoms in total. The van der Waals surface area contributed by atoms with Gasteiger partial charge in [-0.05, 0) is 13.3 Å². The molecule has 0 bridgehead atoms. The number of nitrogens with one attached hydrogen (secondary N) is 1. The van der Waals surface area contributed by atoms with E-state index in [0.717, 1.165) is 12.8 Å². The second kappa shape index (κ2) is 6.34. The van der Waals surface area contributed by atoms with Crippen LogP contribution in [-0.4, -0.2) is 44.1 Å². The van der Waals surface area contributed by atoms with Crippen LogP contribution in [-0.2, 0) is 10.2 Å². The SMILES string of the molecule is CCCCN(C)S(=O)(=O)NC[C@H](C)O. The Balaban J connectivity index is 4.04. The Morgan fingerprint density at radius 3 is 2.50 bits per heavy atom. The summed E-state index contributed by atoms with van der Waals surface area (Å²) in [5.74, 6) is 0. The molecule has 0 saturated heterocycles. The zero-order valence-electron chi connectivity index (χ0n) is 9.02. The van der Waals surface area contributed by atoms with Crippen molar-refractivity contribution in [2.24, 2.45) is 0 Å². The van der Waals surface area contributed by atoms with Crippen LogP contribution in [0.4, 0.5) is 0 Å². The fourth-order valence-electron chi connectivity index (χ4n) is 0.837. The van der Waals surface area contributed by atoms with Crippen molar-refractivity contribution in [2.75, 3.05) is 20.1 Å². The van der Waals surface area contributed by atoms with Gasteiger partial charge >= 0.3 is 0 Å². The molecule has 86 valence electrons. The summed E-state index contributed by atoms with van der Waals surface area (Å²) < 4.78 is 26.5. The van der Waals surface area contributed by atoms with E-state index in [0.29, 0.717) is 6.54 Å². The Hall–Kier alpha value is -0.170. The van der Waals surface area contributed by atoms with Crippen molar-refractivity contribution < 1.29 is 13.5 Å². The molecule has 0 aromatic heterocycles. The summed E-state index contributed by atoms with van der Waals surface area (Å²) in [4.78, 5) is 0. The monoisotopic (exact) mass is 224 g/mol. The molecule has 0 saturated carbocycles. The maximum Gasteiger partial charge on any atom is 0.279 e. The van der Waals surface area contributed by atoms with E-state index >= 15 is 0 Å². The van der Waals surface area contributed by atoms with Crippen LogP contribution in [0.2, 0.25) is 0 Å². The van der Waals surface area contributed by atoms with E-state index in [4.69, 9.17) is 5.11 Å². The molecule has 0 aromatic rings. The molecular weight excluding hydrogens is 204 g/mol. The van der Waals surface area contributed by atoms with Crippen molar-refractivity contribution in [1.29, 1.82) is 0 Å². The van der Waals surface area contributed by atoms with E-state index in [-0.39, 0.29) is 6.54 Å². The summed E-state index contributed by atoms with van der Waals surface area (Å²) in [5.41, 5.74) is 0. The largest absolute Gasteiger partial charge is 0.392 e. The Labute approximate surface area is 86.3 Å². The number of hydrogen-bond acceptors (Lipinski definition) is 3. The van der Waals surface area contributed by atoms with Gasteiger partial charge in [-0.15, -0.1) is 0 Å². The van der Waals surface area contributed by atoms with Crippen LogP contribution >= 0.6 is 0 Å². The number of hydrogen-bond donors (Lipinski definition) is 2. The van der Waals surface area contributed by atoms with Gasteiger partial charge < -0.3 is 5.11 Å². The number of nitrogens with zero attached hydrogens (tertiary/aromatic N) is 1. The highest BCUT2D eigenvalue weighted by Gasteiger charge is 2.16. The van der Waals surface area contributed by atoms with Gasteiger partial charge in [0.05, 0.1) is 6.10 Å². The minimum atomic E-state index is -3.40. The van der Waals surface area contributed by atoms with Crippen LogP contribution in [0, 0.1) is 0 Å². The molecule has 1 atom stereocenters. The first-order valence-corrected chi connectivity index (χ1v) is 6.23. The van der Waals surface area contributed by atoms with E-state index < -0.39 is 16.3 Å². The number of aliphatic hydroxyl groups excluding tert-OH is 1. The summed E-state index contributed by atoms with van der Waals surface area (Å²) in [6.07, 6.45) is 1.13. The summed E-state index contributed by atoms with van der Waals surface area (Å²) in [6, 6.07) is 0. The Kier molecular flexibility index (Phi) is 6.26. The van der Waals surface area contributed by atoms with Gasteiger partial charge in [0.15, 0.2) is 0 Å². The molecule has 0 aliphatic heterocycles. The molecule has 0 radical (unpaired) electrons. The highest BCUT2D eigenvalue weighted by atomic mass is 32.2. The summed E-state index contributed by atoms with van der Waals surface area (Å²) in [7, 11) is -1.88. The zero-order chi connectivity index (χ0) is 11.2. The smallest absolute Gasteiger partial charge is 0.279 e. The average molecular weight is 224 g/mol. The summed E-state index contributed by atoms with van der Waals surface area (Å²) >= 11 is 0. The second-order valence-corrected chi connectivity index (χ2v) is 5.24. The topological polar surface area (TPSA) is 69.6 Å². The van der Waals surface area contributed by atoms with Gasteiger partial charge in [0.1, 0.15) is 0 Å². The van der Waals surface area contributed by atoms with Crippen molar-refractivity contribution in [3.63, 3.8) is 0 Å². The molecule has 0 heterocycles. The standard InChI is InChI=1S/C8H20N2O3S/c1-4-5-6-10(3)14(12,13)9-7-8(2)11/h8-9,11H,4-7H2,1-3H3/t8-/m0/s1. The van der Waals surface area contributed by atoms with Gasteiger partial charge in [0.2, 0.25) is 0 Å². The molecule has 0 aliphatic rings. The molecule has 0 aliphatic carbocycles.